The van der Waals surface area contributed by atoms with E-state index >= 15 is 0 Å². The van der Waals surface area contributed by atoms with E-state index in [1.807, 2.05) is 13.8 Å². The zero-order chi connectivity index (χ0) is 13.3. The highest BCUT2D eigenvalue weighted by atomic mass is 35.5. The SMILES string of the molecule is CC(C)(O)C(C)(C)NCc1ccc(Cl)c(F)c1. The fraction of sp³-hybridized carbons (Fsp3) is 0.538. The first-order valence-electron chi connectivity index (χ1n) is 5.55. The van der Waals surface area contributed by atoms with Gasteiger partial charge in [0.05, 0.1) is 10.6 Å². The normalized spacial score (nSPS) is 12.9. The van der Waals surface area contributed by atoms with Gasteiger partial charge in [-0.25, -0.2) is 4.39 Å². The van der Waals surface area contributed by atoms with Crippen molar-refractivity contribution in [1.82, 2.24) is 5.32 Å². The molecule has 1 aromatic carbocycles. The van der Waals surface area contributed by atoms with Gasteiger partial charge in [0.1, 0.15) is 5.82 Å². The zero-order valence-corrected chi connectivity index (χ0v) is 11.4. The molecule has 0 aliphatic heterocycles. The molecule has 0 radical (unpaired) electrons. The number of benzene rings is 1. The smallest absolute Gasteiger partial charge is 0.142 e. The lowest BCUT2D eigenvalue weighted by Crippen LogP contribution is -2.55. The Kier molecular flexibility index (Phi) is 4.18. The zero-order valence-electron chi connectivity index (χ0n) is 10.6. The summed E-state index contributed by atoms with van der Waals surface area (Å²) < 4.78 is 13.2. The summed E-state index contributed by atoms with van der Waals surface area (Å²) in [4.78, 5) is 0. The van der Waals surface area contributed by atoms with E-state index < -0.39 is 17.0 Å². The van der Waals surface area contributed by atoms with E-state index in [1.165, 1.54) is 12.1 Å². The fourth-order valence-electron chi connectivity index (χ4n) is 1.19. The Morgan fingerprint density at radius 1 is 1.29 bits per heavy atom. The average molecular weight is 260 g/mol. The van der Waals surface area contributed by atoms with Gasteiger partial charge in [0.2, 0.25) is 0 Å². The summed E-state index contributed by atoms with van der Waals surface area (Å²) in [6.07, 6.45) is 0. The molecule has 0 aromatic heterocycles. The van der Waals surface area contributed by atoms with E-state index in [0.717, 1.165) is 5.56 Å². The van der Waals surface area contributed by atoms with Gasteiger partial charge >= 0.3 is 0 Å². The van der Waals surface area contributed by atoms with Crippen LogP contribution in [0, 0.1) is 5.82 Å². The summed E-state index contributed by atoms with van der Waals surface area (Å²) in [6.45, 7) is 7.76. The van der Waals surface area contributed by atoms with Crippen LogP contribution in [0.2, 0.25) is 5.02 Å². The van der Waals surface area contributed by atoms with Crippen LogP contribution in [0.15, 0.2) is 18.2 Å². The summed E-state index contributed by atoms with van der Waals surface area (Å²) in [5, 5.41) is 13.3. The third kappa shape index (κ3) is 3.66. The summed E-state index contributed by atoms with van der Waals surface area (Å²) in [7, 11) is 0. The highest BCUT2D eigenvalue weighted by Gasteiger charge is 2.34. The molecular weight excluding hydrogens is 241 g/mol. The van der Waals surface area contributed by atoms with E-state index in [1.54, 1.807) is 19.9 Å². The van der Waals surface area contributed by atoms with Gasteiger partial charge in [-0.05, 0) is 45.4 Å². The maximum atomic E-state index is 13.2. The third-order valence-corrected chi connectivity index (χ3v) is 3.55. The Balaban J connectivity index is 2.71. The second kappa shape index (κ2) is 4.92. The minimum atomic E-state index is -0.863. The van der Waals surface area contributed by atoms with Crippen molar-refractivity contribution >= 4 is 11.6 Å². The quantitative estimate of drug-likeness (QED) is 0.871. The van der Waals surface area contributed by atoms with Gasteiger partial charge in [0.25, 0.3) is 0 Å². The summed E-state index contributed by atoms with van der Waals surface area (Å²) in [6, 6.07) is 4.69. The Labute approximate surface area is 107 Å². The first-order valence-corrected chi connectivity index (χ1v) is 5.92. The van der Waals surface area contributed by atoms with Crippen LogP contribution in [0.3, 0.4) is 0 Å². The number of hydrogen-bond acceptors (Lipinski definition) is 2. The van der Waals surface area contributed by atoms with Gasteiger partial charge in [-0.15, -0.1) is 0 Å². The molecule has 0 saturated heterocycles. The molecule has 1 aromatic rings. The summed E-state index contributed by atoms with van der Waals surface area (Å²) >= 11 is 5.61. The summed E-state index contributed by atoms with van der Waals surface area (Å²) in [5.41, 5.74) is -0.537. The molecule has 0 bridgehead atoms. The van der Waals surface area contributed by atoms with Crippen molar-refractivity contribution in [1.29, 1.82) is 0 Å². The van der Waals surface area contributed by atoms with E-state index in [2.05, 4.69) is 5.32 Å². The maximum absolute atomic E-state index is 13.2. The van der Waals surface area contributed by atoms with Gasteiger partial charge in [0, 0.05) is 12.1 Å². The van der Waals surface area contributed by atoms with Gasteiger partial charge < -0.3 is 10.4 Å². The number of rotatable bonds is 4. The molecule has 2 nitrogen and oxygen atoms in total. The largest absolute Gasteiger partial charge is 0.389 e. The van der Waals surface area contributed by atoms with Crippen LogP contribution in [0.4, 0.5) is 4.39 Å². The van der Waals surface area contributed by atoms with Crippen LogP contribution in [0.5, 0.6) is 0 Å². The lowest BCUT2D eigenvalue weighted by Gasteiger charge is -2.38. The van der Waals surface area contributed by atoms with Gasteiger partial charge in [0.15, 0.2) is 0 Å². The molecular formula is C13H19ClFNO. The van der Waals surface area contributed by atoms with Gasteiger partial charge in [-0.2, -0.15) is 0 Å². The van der Waals surface area contributed by atoms with Crippen LogP contribution in [-0.2, 0) is 6.54 Å². The highest BCUT2D eigenvalue weighted by Crippen LogP contribution is 2.22. The molecule has 0 amide bonds. The van der Waals surface area contributed by atoms with E-state index in [9.17, 15) is 9.50 Å². The second-order valence-corrected chi connectivity index (χ2v) is 5.69. The molecule has 0 heterocycles. The Morgan fingerprint density at radius 3 is 2.35 bits per heavy atom. The predicted molar refractivity (Wildman–Crippen MR) is 68.6 cm³/mol. The van der Waals surface area contributed by atoms with Gasteiger partial charge in [-0.3, -0.25) is 0 Å². The Hall–Kier alpha value is -0.640. The Bertz CT molecular complexity index is 399. The van der Waals surface area contributed by atoms with E-state index in [4.69, 9.17) is 11.6 Å². The third-order valence-electron chi connectivity index (χ3n) is 3.25. The Morgan fingerprint density at radius 2 is 1.88 bits per heavy atom. The molecule has 0 atom stereocenters. The van der Waals surface area contributed by atoms with Crippen molar-refractivity contribution in [2.75, 3.05) is 0 Å². The van der Waals surface area contributed by atoms with Crippen LogP contribution < -0.4 is 5.32 Å². The van der Waals surface area contributed by atoms with Crippen LogP contribution in [0.25, 0.3) is 0 Å². The average Bonchev–Trinajstić information content (AvgIpc) is 2.18. The van der Waals surface area contributed by atoms with Crippen molar-refractivity contribution in [3.63, 3.8) is 0 Å². The van der Waals surface area contributed by atoms with Crippen LogP contribution >= 0.6 is 11.6 Å². The monoisotopic (exact) mass is 259 g/mol. The first kappa shape index (κ1) is 14.4. The molecule has 0 saturated carbocycles. The maximum Gasteiger partial charge on any atom is 0.142 e. The molecule has 0 fully saturated rings. The van der Waals surface area contributed by atoms with E-state index in [0.29, 0.717) is 6.54 Å². The van der Waals surface area contributed by atoms with Crippen molar-refractivity contribution in [2.45, 2.75) is 45.4 Å². The minimum absolute atomic E-state index is 0.121. The minimum Gasteiger partial charge on any atom is -0.389 e. The first-order chi connectivity index (χ1) is 7.63. The van der Waals surface area contributed by atoms with Crippen molar-refractivity contribution in [3.05, 3.63) is 34.6 Å². The number of nitrogens with one attached hydrogen (secondary N) is 1. The predicted octanol–water partition coefficient (Wildman–Crippen LogP) is 3.12. The molecule has 96 valence electrons. The number of halogens is 2. The van der Waals surface area contributed by atoms with Crippen molar-refractivity contribution in [2.24, 2.45) is 0 Å². The van der Waals surface area contributed by atoms with Gasteiger partial charge in [-0.1, -0.05) is 17.7 Å². The number of hydrogen-bond donors (Lipinski definition) is 2. The van der Waals surface area contributed by atoms with E-state index in [-0.39, 0.29) is 5.02 Å². The summed E-state index contributed by atoms with van der Waals surface area (Å²) in [5.74, 6) is -0.424. The van der Waals surface area contributed by atoms with Crippen molar-refractivity contribution in [3.8, 4) is 0 Å². The second-order valence-electron chi connectivity index (χ2n) is 5.29. The molecule has 0 unspecified atom stereocenters. The van der Waals surface area contributed by atoms with Crippen molar-refractivity contribution < 1.29 is 9.50 Å². The number of aliphatic hydroxyl groups is 1. The molecule has 2 N–H and O–H groups in total. The molecule has 1 rings (SSSR count). The standard InChI is InChI=1S/C13H19ClFNO/c1-12(2,13(3,4)17)16-8-9-5-6-10(14)11(15)7-9/h5-7,16-17H,8H2,1-4H3. The topological polar surface area (TPSA) is 32.3 Å². The van der Waals surface area contributed by atoms with Crippen LogP contribution in [0.1, 0.15) is 33.3 Å². The molecule has 0 spiro atoms. The molecule has 0 aliphatic rings. The molecule has 0 aliphatic carbocycles. The lowest BCUT2D eigenvalue weighted by molar-refractivity contribution is -0.00532. The fourth-order valence-corrected chi connectivity index (χ4v) is 1.31. The lowest BCUT2D eigenvalue weighted by atomic mass is 9.86. The van der Waals surface area contributed by atoms with Crippen LogP contribution in [-0.4, -0.2) is 16.2 Å². The molecule has 4 heteroatoms. The highest BCUT2D eigenvalue weighted by molar-refractivity contribution is 6.30. The molecule has 17 heavy (non-hydrogen) atoms.